The first kappa shape index (κ1) is 19.4. The monoisotopic (exact) mass is 390 g/mol. The van der Waals surface area contributed by atoms with Crippen molar-refractivity contribution >= 4 is 27.3 Å². The molecule has 0 radical (unpaired) electrons. The van der Waals surface area contributed by atoms with Crippen molar-refractivity contribution in [2.75, 3.05) is 16.2 Å². The van der Waals surface area contributed by atoms with E-state index in [2.05, 4.69) is 4.72 Å². The molecule has 27 heavy (non-hydrogen) atoms. The lowest BCUT2D eigenvalue weighted by Gasteiger charge is -2.26. The van der Waals surface area contributed by atoms with E-state index in [-0.39, 0.29) is 10.8 Å². The third kappa shape index (κ3) is 3.83. The Labute approximate surface area is 159 Å². The molecule has 2 aromatic carbocycles. The van der Waals surface area contributed by atoms with Gasteiger partial charge in [-0.1, -0.05) is 26.8 Å². The van der Waals surface area contributed by atoms with Gasteiger partial charge in [-0.2, -0.15) is 0 Å². The lowest BCUT2D eigenvalue weighted by molar-refractivity contribution is -0.125. The molecule has 1 heterocycles. The quantitative estimate of drug-likeness (QED) is 0.865. The maximum absolute atomic E-state index is 13.5. The summed E-state index contributed by atoms with van der Waals surface area (Å²) in [6.45, 7) is 7.81. The fourth-order valence-corrected chi connectivity index (χ4v) is 4.46. The van der Waals surface area contributed by atoms with Crippen molar-refractivity contribution in [3.05, 3.63) is 53.3 Å². The fraction of sp³-hybridized carbons (Fsp3) is 0.350. The van der Waals surface area contributed by atoms with Gasteiger partial charge >= 0.3 is 0 Å². The van der Waals surface area contributed by atoms with Gasteiger partial charge in [0.05, 0.1) is 4.90 Å². The number of carbonyl (C=O) groups excluding carboxylic acids is 1. The largest absolute Gasteiger partial charge is 0.311 e. The molecular weight excluding hydrogens is 367 g/mol. The van der Waals surface area contributed by atoms with Crippen molar-refractivity contribution in [3.63, 3.8) is 0 Å². The van der Waals surface area contributed by atoms with E-state index in [4.69, 9.17) is 0 Å². The third-order valence-corrected chi connectivity index (χ3v) is 6.08. The first-order valence-electron chi connectivity index (χ1n) is 8.73. The lowest BCUT2D eigenvalue weighted by Crippen LogP contribution is -2.38. The second kappa shape index (κ2) is 6.64. The summed E-state index contributed by atoms with van der Waals surface area (Å²) < 4.78 is 41.3. The zero-order valence-corrected chi connectivity index (χ0v) is 16.7. The summed E-state index contributed by atoms with van der Waals surface area (Å²) in [5, 5.41) is 0. The molecule has 1 aliphatic rings. The molecule has 0 atom stereocenters. The summed E-state index contributed by atoms with van der Waals surface area (Å²) in [7, 11) is -3.91. The van der Waals surface area contributed by atoms with Crippen LogP contribution in [-0.2, 0) is 21.2 Å². The van der Waals surface area contributed by atoms with Crippen LogP contribution in [0.1, 0.15) is 31.9 Å². The van der Waals surface area contributed by atoms with Crippen molar-refractivity contribution < 1.29 is 17.6 Å². The average molecular weight is 390 g/mol. The minimum Gasteiger partial charge on any atom is -0.311 e. The molecule has 1 amide bonds. The summed E-state index contributed by atoms with van der Waals surface area (Å²) in [5.74, 6) is -0.573. The van der Waals surface area contributed by atoms with Gasteiger partial charge in [-0.05, 0) is 54.8 Å². The molecule has 0 aromatic heterocycles. The average Bonchev–Trinajstić information content (AvgIpc) is 2.98. The number of benzene rings is 2. The highest BCUT2D eigenvalue weighted by Crippen LogP contribution is 2.34. The van der Waals surface area contributed by atoms with Crippen molar-refractivity contribution in [3.8, 4) is 0 Å². The summed E-state index contributed by atoms with van der Waals surface area (Å²) in [6.07, 6.45) is 0.658. The fourth-order valence-electron chi connectivity index (χ4n) is 3.15. The van der Waals surface area contributed by atoms with Crippen molar-refractivity contribution in [2.45, 2.75) is 39.0 Å². The summed E-state index contributed by atoms with van der Waals surface area (Å²) in [5.41, 5.74) is 2.08. The highest BCUT2D eigenvalue weighted by molar-refractivity contribution is 7.92. The van der Waals surface area contributed by atoms with Gasteiger partial charge in [0, 0.05) is 23.3 Å². The second-order valence-electron chi connectivity index (χ2n) is 7.82. The van der Waals surface area contributed by atoms with Gasteiger partial charge in [0.25, 0.3) is 10.0 Å². The molecule has 1 aliphatic heterocycles. The molecule has 0 bridgehead atoms. The van der Waals surface area contributed by atoms with Crippen LogP contribution in [0.25, 0.3) is 0 Å². The number of carbonyl (C=O) groups is 1. The molecule has 0 aliphatic carbocycles. The highest BCUT2D eigenvalue weighted by Gasteiger charge is 2.32. The van der Waals surface area contributed by atoms with Gasteiger partial charge in [-0.3, -0.25) is 9.52 Å². The van der Waals surface area contributed by atoms with Crippen molar-refractivity contribution in [1.29, 1.82) is 0 Å². The van der Waals surface area contributed by atoms with E-state index in [9.17, 15) is 17.6 Å². The van der Waals surface area contributed by atoms with Crippen LogP contribution in [-0.4, -0.2) is 20.9 Å². The first-order chi connectivity index (χ1) is 12.5. The standard InChI is InChI=1S/C20H23FN2O3S/c1-13-5-6-15(21)12-18(13)27(25,26)22-16-7-8-17-14(11-16)9-10-23(17)19(24)20(2,3)4/h5-8,11-12,22H,9-10H2,1-4H3. The summed E-state index contributed by atoms with van der Waals surface area (Å²) >= 11 is 0. The zero-order valence-electron chi connectivity index (χ0n) is 15.8. The number of aryl methyl sites for hydroxylation is 1. The maximum atomic E-state index is 13.5. The minimum atomic E-state index is -3.91. The Kier molecular flexibility index (Phi) is 4.76. The van der Waals surface area contributed by atoms with Crippen LogP contribution >= 0.6 is 0 Å². The minimum absolute atomic E-state index is 0.0324. The van der Waals surface area contributed by atoms with E-state index < -0.39 is 21.3 Å². The number of halogens is 1. The van der Waals surface area contributed by atoms with Crippen LogP contribution in [0.3, 0.4) is 0 Å². The van der Waals surface area contributed by atoms with E-state index >= 15 is 0 Å². The molecule has 5 nitrogen and oxygen atoms in total. The maximum Gasteiger partial charge on any atom is 0.262 e. The molecule has 0 fully saturated rings. The predicted octanol–water partition coefficient (Wildman–Crippen LogP) is 3.87. The number of sulfonamides is 1. The molecule has 7 heteroatoms. The SMILES string of the molecule is Cc1ccc(F)cc1S(=O)(=O)Nc1ccc2c(c1)CCN2C(=O)C(C)(C)C. The second-order valence-corrected chi connectivity index (χ2v) is 9.47. The van der Waals surface area contributed by atoms with Gasteiger partial charge in [-0.25, -0.2) is 12.8 Å². The van der Waals surface area contributed by atoms with E-state index in [0.29, 0.717) is 24.2 Å². The van der Waals surface area contributed by atoms with Crippen LogP contribution in [0, 0.1) is 18.2 Å². The summed E-state index contributed by atoms with van der Waals surface area (Å²) in [6, 6.07) is 8.78. The van der Waals surface area contributed by atoms with E-state index in [0.717, 1.165) is 17.3 Å². The highest BCUT2D eigenvalue weighted by atomic mass is 32.2. The Morgan fingerprint density at radius 1 is 1.15 bits per heavy atom. The molecule has 1 N–H and O–H groups in total. The van der Waals surface area contributed by atoms with E-state index in [1.807, 2.05) is 20.8 Å². The number of rotatable bonds is 3. The number of nitrogens with one attached hydrogen (secondary N) is 1. The Morgan fingerprint density at radius 3 is 2.52 bits per heavy atom. The number of amides is 1. The molecule has 144 valence electrons. The molecule has 0 saturated heterocycles. The van der Waals surface area contributed by atoms with Gasteiger partial charge in [0.15, 0.2) is 0 Å². The summed E-state index contributed by atoms with van der Waals surface area (Å²) in [4.78, 5) is 14.2. The van der Waals surface area contributed by atoms with Gasteiger partial charge < -0.3 is 4.90 Å². The van der Waals surface area contributed by atoms with Gasteiger partial charge in [0.1, 0.15) is 5.82 Å². The molecule has 2 aromatic rings. The van der Waals surface area contributed by atoms with Crippen LogP contribution in [0.2, 0.25) is 0 Å². The number of anilines is 2. The molecular formula is C20H23FN2O3S. The van der Waals surface area contributed by atoms with Gasteiger partial charge in [-0.15, -0.1) is 0 Å². The van der Waals surface area contributed by atoms with E-state index in [1.54, 1.807) is 30.0 Å². The van der Waals surface area contributed by atoms with Crippen molar-refractivity contribution in [2.24, 2.45) is 5.41 Å². The van der Waals surface area contributed by atoms with Crippen LogP contribution < -0.4 is 9.62 Å². The Morgan fingerprint density at radius 2 is 1.85 bits per heavy atom. The Balaban J connectivity index is 1.89. The molecule has 3 rings (SSSR count). The topological polar surface area (TPSA) is 66.5 Å². The van der Waals surface area contributed by atoms with Crippen LogP contribution in [0.15, 0.2) is 41.3 Å². The number of hydrogen-bond acceptors (Lipinski definition) is 3. The van der Waals surface area contributed by atoms with Crippen LogP contribution in [0.5, 0.6) is 0 Å². The third-order valence-electron chi connectivity index (χ3n) is 4.55. The number of nitrogens with zero attached hydrogens (tertiary/aromatic N) is 1. The predicted molar refractivity (Wildman–Crippen MR) is 104 cm³/mol. The molecule has 0 saturated carbocycles. The Bertz CT molecular complexity index is 1010. The van der Waals surface area contributed by atoms with Crippen molar-refractivity contribution in [1.82, 2.24) is 0 Å². The lowest BCUT2D eigenvalue weighted by atomic mass is 9.94. The number of hydrogen-bond donors (Lipinski definition) is 1. The van der Waals surface area contributed by atoms with Crippen LogP contribution in [0.4, 0.5) is 15.8 Å². The molecule has 0 unspecified atom stereocenters. The normalized spacial score (nSPS) is 14.2. The smallest absolute Gasteiger partial charge is 0.262 e. The first-order valence-corrected chi connectivity index (χ1v) is 10.2. The molecule has 0 spiro atoms. The Hall–Kier alpha value is -2.41. The van der Waals surface area contributed by atoms with E-state index in [1.165, 1.54) is 12.1 Å². The zero-order chi connectivity index (χ0) is 20.0. The number of fused-ring (bicyclic) bond motifs is 1. The van der Waals surface area contributed by atoms with Gasteiger partial charge in [0.2, 0.25) is 5.91 Å².